The van der Waals surface area contributed by atoms with Crippen LogP contribution in [0.2, 0.25) is 0 Å². The number of hydrogen-bond donors (Lipinski definition) is 8. The van der Waals surface area contributed by atoms with E-state index in [1.807, 2.05) is 80.6 Å². The number of hydrogen-bond acceptors (Lipinski definition) is 14. The first-order valence-electron chi connectivity index (χ1n) is 30.8. The van der Waals surface area contributed by atoms with Crippen molar-refractivity contribution in [2.75, 3.05) is 80.7 Å². The molecular weight excluding hydrogens is 1180 g/mol. The third kappa shape index (κ3) is 13.8. The van der Waals surface area contributed by atoms with Gasteiger partial charge in [0.2, 0.25) is 5.91 Å². The summed E-state index contributed by atoms with van der Waals surface area (Å²) in [4.78, 5) is 63.7. The van der Waals surface area contributed by atoms with Crippen molar-refractivity contribution in [3.05, 3.63) is 168 Å². The van der Waals surface area contributed by atoms with Crippen LogP contribution in [0.1, 0.15) is 40.1 Å². The molecule has 4 aromatic carbocycles. The second kappa shape index (κ2) is 27.9. The monoisotopic (exact) mass is 1260 g/mol. The Bertz CT molecular complexity index is 3930. The molecule has 8 heterocycles. The molecule has 20 nitrogen and oxygen atoms in total. The minimum absolute atomic E-state index is 0. The fourth-order valence-electron chi connectivity index (χ4n) is 13.1. The Morgan fingerprint density at radius 2 is 1.05 bits per heavy atom. The number of likely N-dealkylation sites (N-methyl/N-ethyl adjacent to an activating group) is 1. The Morgan fingerprint density at radius 3 is 1.55 bits per heavy atom. The maximum Gasteiger partial charge on any atom is 0.275 e. The summed E-state index contributed by atoms with van der Waals surface area (Å²) < 4.78 is 24.4. The highest BCUT2D eigenvalue weighted by Crippen LogP contribution is 2.39. The van der Waals surface area contributed by atoms with Crippen LogP contribution in [0, 0.1) is 0 Å². The van der Waals surface area contributed by atoms with Crippen LogP contribution in [0.25, 0.3) is 78.7 Å². The summed E-state index contributed by atoms with van der Waals surface area (Å²) in [6.45, 7) is 1.89. The number of H-pyrrole nitrogens is 2. The smallest absolute Gasteiger partial charge is 0.275 e. The van der Waals surface area contributed by atoms with Crippen molar-refractivity contribution in [1.82, 2.24) is 40.4 Å². The first-order chi connectivity index (χ1) is 43.6. The maximum absolute atomic E-state index is 14.4. The largest absolute Gasteiger partial charge is 1.00 e. The van der Waals surface area contributed by atoms with Crippen molar-refractivity contribution < 1.29 is 70.6 Å². The number of nitrogens with zero attached hydrogens (tertiary/aromatic N) is 5. The van der Waals surface area contributed by atoms with Gasteiger partial charge in [0.1, 0.15) is 42.7 Å². The number of carbonyl (C=O) groups excluding carboxylic acids is 3. The molecule has 21 heteroatoms. The van der Waals surface area contributed by atoms with Crippen molar-refractivity contribution in [2.45, 2.75) is 80.9 Å². The molecule has 3 saturated heterocycles. The first kappa shape index (κ1) is 64.6. The van der Waals surface area contributed by atoms with Crippen molar-refractivity contribution in [3.63, 3.8) is 0 Å². The number of quaternary nitrogens is 1. The predicted molar refractivity (Wildman–Crippen MR) is 343 cm³/mol. The van der Waals surface area contributed by atoms with E-state index in [1.165, 1.54) is 7.11 Å². The highest BCUT2D eigenvalue weighted by Gasteiger charge is 2.52. The summed E-state index contributed by atoms with van der Waals surface area (Å²) in [5.74, 6) is -1.00. The van der Waals surface area contributed by atoms with Crippen LogP contribution in [0.4, 0.5) is 0 Å². The Kier molecular flexibility index (Phi) is 19.8. The van der Waals surface area contributed by atoms with E-state index in [2.05, 4.69) is 118 Å². The van der Waals surface area contributed by atoms with Gasteiger partial charge >= 0.3 is 0 Å². The molecule has 4 unspecified atom stereocenters. The predicted octanol–water partition coefficient (Wildman–Crippen LogP) is 2.99. The number of amides is 3. The van der Waals surface area contributed by atoms with E-state index in [9.17, 15) is 34.8 Å². The lowest BCUT2D eigenvalue weighted by Gasteiger charge is -2.48. The van der Waals surface area contributed by atoms with E-state index in [4.69, 9.17) is 28.9 Å². The Balaban J connectivity index is 0.00000850. The number of nitrogens with one attached hydrogen (secondary N) is 4. The van der Waals surface area contributed by atoms with Gasteiger partial charge in [0.15, 0.2) is 12.8 Å². The Morgan fingerprint density at radius 1 is 0.593 bits per heavy atom. The molecule has 8 N–H and O–H groups in total. The van der Waals surface area contributed by atoms with Crippen LogP contribution >= 0.6 is 0 Å². The minimum atomic E-state index is -1.48. The molecule has 3 amide bonds. The number of methoxy groups -OCH3 is 1. The van der Waals surface area contributed by atoms with Gasteiger partial charge < -0.3 is 81.8 Å². The van der Waals surface area contributed by atoms with Crippen molar-refractivity contribution in [1.29, 1.82) is 0 Å². The van der Waals surface area contributed by atoms with Crippen molar-refractivity contribution in [2.24, 2.45) is 0 Å². The summed E-state index contributed by atoms with van der Waals surface area (Å²) >= 11 is 0. The van der Waals surface area contributed by atoms with Crippen LogP contribution in [0.5, 0.6) is 0 Å². The van der Waals surface area contributed by atoms with Gasteiger partial charge in [-0.2, -0.15) is 0 Å². The van der Waals surface area contributed by atoms with Crippen LogP contribution in [-0.2, 0) is 41.4 Å². The van der Waals surface area contributed by atoms with Crippen LogP contribution in [0.3, 0.4) is 0 Å². The first-order valence-corrected chi connectivity index (χ1v) is 30.8. The summed E-state index contributed by atoms with van der Waals surface area (Å²) in [6, 6.07) is 45.0. The normalized spacial score (nSPS) is 23.5. The number of aryl methyl sites for hydroxylation is 2. The molecule has 12 rings (SSSR count). The molecule has 10 atom stereocenters. The summed E-state index contributed by atoms with van der Waals surface area (Å²) in [6.07, 6.45) is -4.04. The van der Waals surface area contributed by atoms with Crippen LogP contribution < -0.4 is 23.0 Å². The second-order valence-electron chi connectivity index (χ2n) is 24.7. The molecular formula is C70H78ClN9O11. The molecule has 0 spiro atoms. The van der Waals surface area contributed by atoms with Crippen LogP contribution in [0.15, 0.2) is 140 Å². The fraction of sp³-hybridized carbons (Fsp3) is 0.357. The highest BCUT2D eigenvalue weighted by atomic mass is 35.5. The third-order valence-corrected chi connectivity index (χ3v) is 17.5. The van der Waals surface area contributed by atoms with Gasteiger partial charge in [-0.1, -0.05) is 103 Å². The zero-order chi connectivity index (χ0) is 62.8. The molecule has 5 aliphatic rings. The number of halogens is 1. The van der Waals surface area contributed by atoms with E-state index in [-0.39, 0.29) is 37.3 Å². The lowest BCUT2D eigenvalue weighted by Crippen LogP contribution is -3.00. The maximum atomic E-state index is 14.4. The number of aromatic amines is 2. The van der Waals surface area contributed by atoms with Gasteiger partial charge in [-0.25, -0.2) is 4.98 Å². The number of carbonyl (C=O) groups is 3. The molecule has 3 aromatic heterocycles. The van der Waals surface area contributed by atoms with Gasteiger partial charge in [-0.15, -0.1) is 0 Å². The second-order valence-corrected chi connectivity index (χ2v) is 24.7. The zero-order valence-electron chi connectivity index (χ0n) is 51.5. The van der Waals surface area contributed by atoms with Gasteiger partial charge in [-0.3, -0.25) is 24.3 Å². The van der Waals surface area contributed by atoms with Gasteiger partial charge in [0.05, 0.1) is 75.8 Å². The number of ether oxygens (including phenoxy) is 4. The molecule has 8 bridgehead atoms. The number of rotatable bonds is 16. The standard InChI is InChI=1S/C70H77N9O11.ClH/c1-41-63(76-58(83)38-79(2,3)4)65(84)68(56(40-81)88-41)90-70-64(66(85)67(87-5)55(39-80)89-70)75-57(82)37-77-33-35-78(36-34-77)69(86)46-23-21-45(22-24-46)62-53-31-29-51(73-53)60(43-17-11-7-12-18-43)49-27-25-47(71-49)59(42-15-9-6-10-16-42)48-26-28-50(72-48)61(44-19-13-8-14-20-44)52-30-32-54(62)74-52;/h6-25,27,29-32,41,55-56,63-68,70,80-81,84-85H,26,28,33-40H2,1-5H3,(H3-,71,72,73,74,75,76,82,83,86);1H/t41-,55?,56?,63?,64?,65+,66+,67+,68+,70-;/m0./s1. The summed E-state index contributed by atoms with van der Waals surface area (Å²) in [5.41, 5.74) is 15.5. The lowest BCUT2D eigenvalue weighted by atomic mass is 9.92. The molecule has 0 saturated carbocycles. The number of aliphatic hydroxyl groups excluding tert-OH is 4. The van der Waals surface area contributed by atoms with Crippen molar-refractivity contribution >= 4 is 51.9 Å². The van der Waals surface area contributed by atoms with Crippen molar-refractivity contribution in [3.8, 4) is 44.5 Å². The average molecular weight is 1260 g/mol. The third-order valence-electron chi connectivity index (χ3n) is 17.5. The van der Waals surface area contributed by atoms with Crippen LogP contribution in [-0.4, -0.2) is 214 Å². The molecule has 91 heavy (non-hydrogen) atoms. The number of benzene rings is 4. The summed E-state index contributed by atoms with van der Waals surface area (Å²) in [5, 5.41) is 49.8. The number of aliphatic hydroxyl groups is 4. The van der Waals surface area contributed by atoms with E-state index >= 15 is 0 Å². The molecule has 7 aromatic rings. The molecule has 0 radical (unpaired) electrons. The molecule has 0 aliphatic carbocycles. The number of fused-ring (bicyclic) bond motifs is 8. The lowest BCUT2D eigenvalue weighted by molar-refractivity contribution is -0.862. The number of piperazine rings is 1. The quantitative estimate of drug-likeness (QED) is 0.0648. The van der Waals surface area contributed by atoms with E-state index in [0.29, 0.717) is 36.2 Å². The number of aromatic nitrogens is 4. The molecule has 5 aliphatic heterocycles. The minimum Gasteiger partial charge on any atom is -1.00 e. The Hall–Kier alpha value is -7.96. The van der Waals surface area contributed by atoms with E-state index in [0.717, 1.165) is 102 Å². The van der Waals surface area contributed by atoms with E-state index < -0.39 is 80.2 Å². The SMILES string of the molecule is CO[C@@H]1C(CO)O[C@@H](O[C@@H]2C(CO)O[C@@H](C)C(NC(=O)C[N+](C)(C)C)[C@H]2O)C(NC(=O)CN2CCN(C(=O)c3ccc(-c4c5nc(c(-c6ccccc6)c6ccc([nH]6)c(-c6ccccc6)c6nc(c(-c7ccccc7)c7ccc4[nH]7)CC6)C=C5)cc3)CC2)[C@H]1O.[Cl-]. The van der Waals surface area contributed by atoms with Gasteiger partial charge in [0.25, 0.3) is 11.8 Å². The Labute approximate surface area is 534 Å². The molecule has 476 valence electrons. The van der Waals surface area contributed by atoms with Gasteiger partial charge in [0, 0.05) is 83.2 Å². The fourth-order valence-corrected chi connectivity index (χ4v) is 13.1. The van der Waals surface area contributed by atoms with Gasteiger partial charge in [-0.05, 0) is 90.6 Å². The summed E-state index contributed by atoms with van der Waals surface area (Å²) in [7, 11) is 6.90. The zero-order valence-corrected chi connectivity index (χ0v) is 52.3. The highest BCUT2D eigenvalue weighted by molar-refractivity contribution is 5.99. The topological polar surface area (TPSA) is 257 Å². The average Bonchev–Trinajstić information content (AvgIpc) is 1.82. The van der Waals surface area contributed by atoms with E-state index in [1.54, 1.807) is 11.8 Å². The molecule has 3 fully saturated rings.